The summed E-state index contributed by atoms with van der Waals surface area (Å²) >= 11 is 1.52. The maximum absolute atomic E-state index is 12.6. The Balaban J connectivity index is 1.39. The van der Waals surface area contributed by atoms with Gasteiger partial charge in [-0.3, -0.25) is 4.79 Å². The molecule has 0 radical (unpaired) electrons. The Bertz CT molecular complexity index is 872. The van der Waals surface area contributed by atoms with Gasteiger partial charge in [-0.1, -0.05) is 23.4 Å². The number of thiophene rings is 1. The zero-order valence-electron chi connectivity index (χ0n) is 14.0. The Morgan fingerprint density at radius 1 is 1.32 bits per heavy atom. The summed E-state index contributed by atoms with van der Waals surface area (Å²) in [7, 11) is 0. The molecule has 0 bridgehead atoms. The second kappa shape index (κ2) is 6.80. The zero-order valence-corrected chi connectivity index (χ0v) is 14.8. The van der Waals surface area contributed by atoms with Crippen LogP contribution in [0.1, 0.15) is 27.5 Å². The molecule has 1 saturated heterocycles. The van der Waals surface area contributed by atoms with Gasteiger partial charge in [-0.05, 0) is 48.4 Å². The van der Waals surface area contributed by atoms with Gasteiger partial charge in [0.1, 0.15) is 0 Å². The molecule has 0 saturated carbocycles. The summed E-state index contributed by atoms with van der Waals surface area (Å²) in [4.78, 5) is 19.9. The summed E-state index contributed by atoms with van der Waals surface area (Å²) in [5.41, 5.74) is 1.99. The summed E-state index contributed by atoms with van der Waals surface area (Å²) in [6, 6.07) is 11.8. The first-order valence-corrected chi connectivity index (χ1v) is 9.30. The second-order valence-electron chi connectivity index (χ2n) is 6.42. The Kier molecular flexibility index (Phi) is 4.36. The monoisotopic (exact) mass is 353 g/mol. The molecule has 1 amide bonds. The third kappa shape index (κ3) is 3.35. The van der Waals surface area contributed by atoms with Crippen molar-refractivity contribution in [3.63, 3.8) is 0 Å². The molecule has 1 aliphatic heterocycles. The topological polar surface area (TPSA) is 59.2 Å². The van der Waals surface area contributed by atoms with Gasteiger partial charge in [0, 0.05) is 25.1 Å². The van der Waals surface area contributed by atoms with E-state index < -0.39 is 0 Å². The third-order valence-electron chi connectivity index (χ3n) is 4.59. The van der Waals surface area contributed by atoms with Gasteiger partial charge in [0.15, 0.2) is 5.82 Å². The maximum atomic E-state index is 12.6. The van der Waals surface area contributed by atoms with Crippen LogP contribution in [0.25, 0.3) is 11.5 Å². The summed E-state index contributed by atoms with van der Waals surface area (Å²) in [6.45, 7) is 3.54. The van der Waals surface area contributed by atoms with Gasteiger partial charge in [0.25, 0.3) is 11.8 Å². The maximum Gasteiger partial charge on any atom is 0.264 e. The fourth-order valence-corrected chi connectivity index (χ4v) is 4.10. The average Bonchev–Trinajstić information content (AvgIpc) is 3.37. The number of hydrogen-bond acceptors (Lipinski definition) is 5. The van der Waals surface area contributed by atoms with Crippen molar-refractivity contribution in [2.24, 2.45) is 5.92 Å². The highest BCUT2D eigenvalue weighted by molar-refractivity contribution is 7.12. The number of hydrogen-bond donors (Lipinski definition) is 0. The van der Waals surface area contributed by atoms with E-state index in [1.54, 1.807) is 0 Å². The van der Waals surface area contributed by atoms with Crippen LogP contribution in [0.4, 0.5) is 0 Å². The van der Waals surface area contributed by atoms with E-state index in [1.807, 2.05) is 53.6 Å². The smallest absolute Gasteiger partial charge is 0.264 e. The minimum atomic E-state index is 0.146. The number of nitrogens with zero attached hydrogens (tertiary/aromatic N) is 3. The molecule has 128 valence electrons. The van der Waals surface area contributed by atoms with Crippen molar-refractivity contribution < 1.29 is 9.32 Å². The van der Waals surface area contributed by atoms with E-state index in [-0.39, 0.29) is 5.91 Å². The Morgan fingerprint density at radius 3 is 2.92 bits per heavy atom. The van der Waals surface area contributed by atoms with Crippen molar-refractivity contribution >= 4 is 17.2 Å². The van der Waals surface area contributed by atoms with Crippen LogP contribution < -0.4 is 0 Å². The standard InChI is InChI=1S/C19H19N3O2S/c1-13-8-10-25-17(13)19(23)22-9-7-14(12-22)11-16-20-18(24-21-16)15-5-3-2-4-6-15/h2-6,8,10,14H,7,9,11-12H2,1H3. The molecular formula is C19H19N3O2S. The molecule has 1 unspecified atom stereocenters. The molecule has 0 spiro atoms. The molecule has 1 aliphatic rings. The van der Waals surface area contributed by atoms with Gasteiger partial charge in [-0.15, -0.1) is 11.3 Å². The third-order valence-corrected chi connectivity index (χ3v) is 5.59. The van der Waals surface area contributed by atoms with E-state index in [0.717, 1.165) is 41.9 Å². The molecular weight excluding hydrogens is 334 g/mol. The van der Waals surface area contributed by atoms with Crippen LogP contribution in [0.2, 0.25) is 0 Å². The van der Waals surface area contributed by atoms with Crippen LogP contribution in [-0.4, -0.2) is 34.0 Å². The van der Waals surface area contributed by atoms with Crippen LogP contribution >= 0.6 is 11.3 Å². The summed E-state index contributed by atoms with van der Waals surface area (Å²) in [6.07, 6.45) is 1.72. The van der Waals surface area contributed by atoms with E-state index in [0.29, 0.717) is 17.6 Å². The van der Waals surface area contributed by atoms with Crippen LogP contribution in [0.5, 0.6) is 0 Å². The van der Waals surface area contributed by atoms with Crippen molar-refractivity contribution in [2.75, 3.05) is 13.1 Å². The lowest BCUT2D eigenvalue weighted by molar-refractivity contribution is 0.0791. The van der Waals surface area contributed by atoms with E-state index in [1.165, 1.54) is 11.3 Å². The lowest BCUT2D eigenvalue weighted by Gasteiger charge is -2.15. The minimum Gasteiger partial charge on any atom is -0.338 e. The molecule has 4 rings (SSSR count). The van der Waals surface area contributed by atoms with Crippen molar-refractivity contribution in [1.29, 1.82) is 0 Å². The van der Waals surface area contributed by atoms with Gasteiger partial charge >= 0.3 is 0 Å². The molecule has 0 N–H and O–H groups in total. The number of likely N-dealkylation sites (tertiary alicyclic amines) is 1. The van der Waals surface area contributed by atoms with Gasteiger partial charge < -0.3 is 9.42 Å². The molecule has 1 fully saturated rings. The fourth-order valence-electron chi connectivity index (χ4n) is 3.21. The van der Waals surface area contributed by atoms with Crippen LogP contribution in [0, 0.1) is 12.8 Å². The Morgan fingerprint density at radius 2 is 2.16 bits per heavy atom. The van der Waals surface area contributed by atoms with Crippen molar-refractivity contribution in [3.8, 4) is 11.5 Å². The molecule has 5 nitrogen and oxygen atoms in total. The lowest BCUT2D eigenvalue weighted by Crippen LogP contribution is -2.28. The minimum absolute atomic E-state index is 0.146. The van der Waals surface area contributed by atoms with Crippen molar-refractivity contribution in [2.45, 2.75) is 19.8 Å². The predicted molar refractivity (Wildman–Crippen MR) is 96.5 cm³/mol. The molecule has 3 heterocycles. The van der Waals surface area contributed by atoms with Gasteiger partial charge in [0.05, 0.1) is 4.88 Å². The van der Waals surface area contributed by atoms with Gasteiger partial charge in [0.2, 0.25) is 0 Å². The van der Waals surface area contributed by atoms with Gasteiger partial charge in [-0.2, -0.15) is 4.98 Å². The average molecular weight is 353 g/mol. The van der Waals surface area contributed by atoms with E-state index in [2.05, 4.69) is 10.1 Å². The van der Waals surface area contributed by atoms with E-state index >= 15 is 0 Å². The van der Waals surface area contributed by atoms with Crippen molar-refractivity contribution in [1.82, 2.24) is 15.0 Å². The quantitative estimate of drug-likeness (QED) is 0.716. The number of aromatic nitrogens is 2. The molecule has 2 aromatic heterocycles. The SMILES string of the molecule is Cc1ccsc1C(=O)N1CCC(Cc2noc(-c3ccccc3)n2)C1. The first-order valence-electron chi connectivity index (χ1n) is 8.42. The molecule has 1 aromatic carbocycles. The highest BCUT2D eigenvalue weighted by atomic mass is 32.1. The summed E-state index contributed by atoms with van der Waals surface area (Å²) in [5, 5.41) is 6.08. The Hall–Kier alpha value is -2.47. The first-order chi connectivity index (χ1) is 12.2. The van der Waals surface area contributed by atoms with Crippen LogP contribution in [0.3, 0.4) is 0 Å². The van der Waals surface area contributed by atoms with Crippen LogP contribution in [-0.2, 0) is 6.42 Å². The number of carbonyl (C=O) groups is 1. The first kappa shape index (κ1) is 16.0. The molecule has 25 heavy (non-hydrogen) atoms. The zero-order chi connectivity index (χ0) is 17.2. The number of benzene rings is 1. The molecule has 6 heteroatoms. The van der Waals surface area contributed by atoms with E-state index in [9.17, 15) is 4.79 Å². The fraction of sp³-hybridized carbons (Fsp3) is 0.316. The summed E-state index contributed by atoms with van der Waals surface area (Å²) in [5.74, 6) is 1.79. The predicted octanol–water partition coefficient (Wildman–Crippen LogP) is 3.81. The van der Waals surface area contributed by atoms with Crippen LogP contribution in [0.15, 0.2) is 46.3 Å². The largest absolute Gasteiger partial charge is 0.338 e. The molecule has 3 aromatic rings. The second-order valence-corrected chi connectivity index (χ2v) is 7.34. The van der Waals surface area contributed by atoms with E-state index in [4.69, 9.17) is 4.52 Å². The number of carbonyl (C=O) groups excluding carboxylic acids is 1. The number of aryl methyl sites for hydroxylation is 1. The summed E-state index contributed by atoms with van der Waals surface area (Å²) < 4.78 is 5.37. The molecule has 0 aliphatic carbocycles. The van der Waals surface area contributed by atoms with Crippen molar-refractivity contribution in [3.05, 3.63) is 58.0 Å². The number of amides is 1. The lowest BCUT2D eigenvalue weighted by atomic mass is 10.1. The molecule has 1 atom stereocenters. The highest BCUT2D eigenvalue weighted by Crippen LogP contribution is 2.25. The highest BCUT2D eigenvalue weighted by Gasteiger charge is 2.29. The van der Waals surface area contributed by atoms with Gasteiger partial charge in [-0.25, -0.2) is 0 Å². The number of rotatable bonds is 4. The Labute approximate surface area is 150 Å². The normalized spacial score (nSPS) is 17.2.